The van der Waals surface area contributed by atoms with Gasteiger partial charge < -0.3 is 9.47 Å². The van der Waals surface area contributed by atoms with E-state index in [1.807, 2.05) is 0 Å². The monoisotopic (exact) mass is 386 g/mol. The number of allylic oxidation sites excluding steroid dienone is 4. The smallest absolute Gasteiger partial charge is 0.449 e. The highest BCUT2D eigenvalue weighted by Gasteiger charge is 2.58. The van der Waals surface area contributed by atoms with E-state index in [1.54, 1.807) is 0 Å². The second-order valence-corrected chi connectivity index (χ2v) is 3.81. The lowest BCUT2D eigenvalue weighted by Crippen LogP contribution is -2.33. The highest BCUT2D eigenvalue weighted by Crippen LogP contribution is 2.48. The van der Waals surface area contributed by atoms with E-state index in [4.69, 9.17) is 0 Å². The van der Waals surface area contributed by atoms with Gasteiger partial charge in [-0.05, 0) is 0 Å². The Morgan fingerprint density at radius 2 is 0.667 bits per heavy atom. The standard InChI is InChI=1S/C10H6F12O2/c1-23-5(9(17,18)19)3(7(11,12)13)4(8(14,15)16)6(24-2)10(20,21)22/h1-2H3/b5-3-,6-4-. The zero-order valence-corrected chi connectivity index (χ0v) is 11.4. The van der Waals surface area contributed by atoms with Crippen molar-refractivity contribution in [1.82, 2.24) is 0 Å². The van der Waals surface area contributed by atoms with E-state index >= 15 is 0 Å². The van der Waals surface area contributed by atoms with E-state index in [2.05, 4.69) is 9.47 Å². The van der Waals surface area contributed by atoms with E-state index in [1.165, 1.54) is 0 Å². The van der Waals surface area contributed by atoms with Crippen LogP contribution >= 0.6 is 0 Å². The maximum absolute atomic E-state index is 12.8. The van der Waals surface area contributed by atoms with Gasteiger partial charge in [0.2, 0.25) is 11.5 Å². The first kappa shape index (κ1) is 22.2. The summed E-state index contributed by atoms with van der Waals surface area (Å²) in [5.41, 5.74) is -7.42. The van der Waals surface area contributed by atoms with Crippen LogP contribution in [0, 0.1) is 0 Å². The zero-order chi connectivity index (χ0) is 19.7. The normalized spacial score (nSPS) is 16.4. The summed E-state index contributed by atoms with van der Waals surface area (Å²) in [6, 6.07) is 0. The van der Waals surface area contributed by atoms with Crippen LogP contribution in [-0.4, -0.2) is 38.9 Å². The van der Waals surface area contributed by atoms with Crippen LogP contribution in [0.4, 0.5) is 52.7 Å². The molecule has 0 spiro atoms. The van der Waals surface area contributed by atoms with Crippen molar-refractivity contribution in [3.8, 4) is 0 Å². The molecular weight excluding hydrogens is 380 g/mol. The Balaban J connectivity index is 7.31. The highest BCUT2D eigenvalue weighted by atomic mass is 19.4. The molecule has 24 heavy (non-hydrogen) atoms. The first-order valence-corrected chi connectivity index (χ1v) is 5.24. The molecule has 0 heterocycles. The van der Waals surface area contributed by atoms with E-state index in [0.29, 0.717) is 0 Å². The van der Waals surface area contributed by atoms with E-state index < -0.39 is 47.4 Å². The minimum Gasteiger partial charge on any atom is -0.492 e. The third-order valence-corrected chi connectivity index (χ3v) is 2.19. The van der Waals surface area contributed by atoms with Gasteiger partial charge in [0.25, 0.3) is 0 Å². The number of halogens is 12. The quantitative estimate of drug-likeness (QED) is 0.385. The molecule has 0 aliphatic rings. The Labute approximate surface area is 125 Å². The maximum Gasteiger partial charge on any atom is 0.449 e. The Hall–Kier alpha value is -1.76. The topological polar surface area (TPSA) is 18.5 Å². The number of rotatable bonds is 3. The largest absolute Gasteiger partial charge is 0.492 e. The fourth-order valence-corrected chi connectivity index (χ4v) is 1.49. The Kier molecular flexibility index (Phi) is 6.14. The minimum absolute atomic E-state index is 0.0807. The summed E-state index contributed by atoms with van der Waals surface area (Å²) in [6.07, 6.45) is -25.3. The summed E-state index contributed by atoms with van der Waals surface area (Å²) >= 11 is 0. The van der Waals surface area contributed by atoms with Crippen LogP contribution in [0.25, 0.3) is 0 Å². The zero-order valence-electron chi connectivity index (χ0n) is 11.4. The second-order valence-electron chi connectivity index (χ2n) is 3.81. The average molecular weight is 386 g/mol. The highest BCUT2D eigenvalue weighted by molar-refractivity contribution is 5.44. The molecule has 0 radical (unpaired) electrons. The summed E-state index contributed by atoms with van der Waals surface area (Å²) in [5, 5.41) is 0. The van der Waals surface area contributed by atoms with Gasteiger partial charge in [0.1, 0.15) is 11.1 Å². The van der Waals surface area contributed by atoms with Gasteiger partial charge in [-0.2, -0.15) is 52.7 Å². The van der Waals surface area contributed by atoms with Crippen LogP contribution in [0.2, 0.25) is 0 Å². The molecule has 0 saturated carbocycles. The molecule has 0 aromatic heterocycles. The molecule has 0 unspecified atom stereocenters. The van der Waals surface area contributed by atoms with Crippen molar-refractivity contribution >= 4 is 0 Å². The lowest BCUT2D eigenvalue weighted by Gasteiger charge is -2.25. The fourth-order valence-electron chi connectivity index (χ4n) is 1.49. The summed E-state index contributed by atoms with van der Waals surface area (Å²) < 4.78 is 158. The first-order chi connectivity index (χ1) is 10.4. The Bertz CT molecular complexity index is 466. The molecule has 0 aromatic carbocycles. The number of ether oxygens (including phenoxy) is 2. The van der Waals surface area contributed by atoms with Gasteiger partial charge in [-0.3, -0.25) is 0 Å². The molecule has 0 rings (SSSR count). The van der Waals surface area contributed by atoms with E-state index in [-0.39, 0.29) is 14.2 Å². The van der Waals surface area contributed by atoms with E-state index in [0.717, 1.165) is 0 Å². The van der Waals surface area contributed by atoms with Crippen LogP contribution in [-0.2, 0) is 9.47 Å². The summed E-state index contributed by atoms with van der Waals surface area (Å²) in [6.45, 7) is 0. The molecule has 0 aromatic rings. The first-order valence-electron chi connectivity index (χ1n) is 5.24. The van der Waals surface area contributed by atoms with Crippen molar-refractivity contribution in [3.05, 3.63) is 22.7 Å². The van der Waals surface area contributed by atoms with Gasteiger partial charge in [-0.25, -0.2) is 0 Å². The Morgan fingerprint density at radius 1 is 0.458 bits per heavy atom. The molecule has 0 N–H and O–H groups in total. The summed E-state index contributed by atoms with van der Waals surface area (Å²) in [5.74, 6) is -6.61. The Morgan fingerprint density at radius 3 is 0.750 bits per heavy atom. The van der Waals surface area contributed by atoms with Crippen LogP contribution in [0.3, 0.4) is 0 Å². The predicted octanol–water partition coefficient (Wildman–Crippen LogP) is 5.04. The predicted molar refractivity (Wildman–Crippen MR) is 52.3 cm³/mol. The third kappa shape index (κ3) is 5.12. The molecule has 0 bridgehead atoms. The molecule has 142 valence electrons. The lowest BCUT2D eigenvalue weighted by molar-refractivity contribution is -0.159. The average Bonchev–Trinajstić information content (AvgIpc) is 2.27. The molecule has 0 fully saturated rings. The van der Waals surface area contributed by atoms with E-state index in [9.17, 15) is 52.7 Å². The third-order valence-electron chi connectivity index (χ3n) is 2.19. The molecule has 0 aliphatic carbocycles. The van der Waals surface area contributed by atoms with Crippen molar-refractivity contribution in [2.24, 2.45) is 0 Å². The van der Waals surface area contributed by atoms with Gasteiger partial charge in [0.15, 0.2) is 0 Å². The fraction of sp³-hybridized carbons (Fsp3) is 0.600. The minimum atomic E-state index is -6.50. The lowest BCUT2D eigenvalue weighted by atomic mass is 10.0. The van der Waals surface area contributed by atoms with Crippen LogP contribution < -0.4 is 0 Å². The molecule has 14 heteroatoms. The second kappa shape index (κ2) is 6.63. The van der Waals surface area contributed by atoms with Gasteiger partial charge in [0.05, 0.1) is 14.2 Å². The van der Waals surface area contributed by atoms with Crippen molar-refractivity contribution < 1.29 is 62.2 Å². The number of methoxy groups -OCH3 is 2. The molecule has 0 amide bonds. The van der Waals surface area contributed by atoms with Crippen LogP contribution in [0.1, 0.15) is 0 Å². The van der Waals surface area contributed by atoms with Crippen LogP contribution in [0.15, 0.2) is 22.7 Å². The molecule has 0 aliphatic heterocycles. The number of alkyl halides is 12. The molecule has 0 saturated heterocycles. The van der Waals surface area contributed by atoms with Crippen LogP contribution in [0.5, 0.6) is 0 Å². The SMILES string of the molecule is CO/C(=C(/C(=C(/OC)C(F)(F)F)C(F)(F)F)C(F)(F)F)C(F)(F)F. The molecular formula is C10H6F12O2. The van der Waals surface area contributed by atoms with Crippen molar-refractivity contribution in [3.63, 3.8) is 0 Å². The maximum atomic E-state index is 12.8. The van der Waals surface area contributed by atoms with Crippen molar-refractivity contribution in [2.75, 3.05) is 14.2 Å². The summed E-state index contributed by atoms with van der Waals surface area (Å²) in [7, 11) is -0.161. The number of hydrogen-bond acceptors (Lipinski definition) is 2. The van der Waals surface area contributed by atoms with Gasteiger partial charge in [-0.1, -0.05) is 0 Å². The molecule has 2 nitrogen and oxygen atoms in total. The van der Waals surface area contributed by atoms with Gasteiger partial charge in [0, 0.05) is 0 Å². The van der Waals surface area contributed by atoms with Gasteiger partial charge >= 0.3 is 24.7 Å². The van der Waals surface area contributed by atoms with Crippen molar-refractivity contribution in [2.45, 2.75) is 24.7 Å². The summed E-state index contributed by atoms with van der Waals surface area (Å²) in [4.78, 5) is 0. The molecule has 0 atom stereocenters. The van der Waals surface area contributed by atoms with Crippen molar-refractivity contribution in [1.29, 1.82) is 0 Å². The van der Waals surface area contributed by atoms with Gasteiger partial charge in [-0.15, -0.1) is 0 Å². The number of hydrogen-bond donors (Lipinski definition) is 0.